The first kappa shape index (κ1) is 23.0. The molecule has 7 nitrogen and oxygen atoms in total. The van der Waals surface area contributed by atoms with Gasteiger partial charge >= 0.3 is 0 Å². The number of benzene rings is 2. The minimum atomic E-state index is -0.435. The zero-order valence-corrected chi connectivity index (χ0v) is 19.3. The van der Waals surface area contributed by atoms with Crippen LogP contribution in [-0.2, 0) is 16.6 Å². The summed E-state index contributed by atoms with van der Waals surface area (Å²) in [6, 6.07) is 14.7. The Kier molecular flexibility index (Phi) is 7.44. The molecule has 1 saturated heterocycles. The number of ether oxygens (including phenoxy) is 1. The molecule has 1 aromatic heterocycles. The van der Waals surface area contributed by atoms with E-state index in [9.17, 15) is 9.59 Å². The quantitative estimate of drug-likeness (QED) is 0.525. The van der Waals surface area contributed by atoms with Crippen molar-refractivity contribution in [2.75, 3.05) is 39.4 Å². The van der Waals surface area contributed by atoms with Crippen molar-refractivity contribution < 1.29 is 14.3 Å². The summed E-state index contributed by atoms with van der Waals surface area (Å²) in [4.78, 5) is 28.3. The number of aryl methyl sites for hydroxylation is 1. The van der Waals surface area contributed by atoms with Crippen molar-refractivity contribution in [1.82, 2.24) is 20.1 Å². The molecule has 0 radical (unpaired) electrons. The topological polar surface area (TPSA) is 75.6 Å². The van der Waals surface area contributed by atoms with Gasteiger partial charge in [-0.1, -0.05) is 41.9 Å². The number of amides is 2. The normalized spacial score (nSPS) is 14.9. The smallest absolute Gasteiger partial charge is 0.267 e. The number of nitrogens with zero attached hydrogens (tertiary/aromatic N) is 2. The number of fused-ring (bicyclic) bond motifs is 1. The van der Waals surface area contributed by atoms with E-state index in [1.54, 1.807) is 30.3 Å². The van der Waals surface area contributed by atoms with Gasteiger partial charge in [-0.2, -0.15) is 0 Å². The molecule has 2 aromatic carbocycles. The summed E-state index contributed by atoms with van der Waals surface area (Å²) in [7, 11) is 1.95. The average molecular weight is 467 g/mol. The lowest BCUT2D eigenvalue weighted by Crippen LogP contribution is -2.42. The number of morpholine rings is 1. The van der Waals surface area contributed by atoms with Gasteiger partial charge in [0.2, 0.25) is 0 Å². The Labute approximate surface area is 198 Å². The number of halogens is 1. The largest absolute Gasteiger partial charge is 0.379 e. The van der Waals surface area contributed by atoms with E-state index in [1.165, 1.54) is 0 Å². The van der Waals surface area contributed by atoms with E-state index < -0.39 is 5.91 Å². The SMILES string of the molecule is Cn1cc(/C=C(\NC(=O)c2ccccc2Cl)C(=O)NCCN2CCOCC2)c2ccccc21. The number of hydrogen-bond acceptors (Lipinski definition) is 4. The number of rotatable bonds is 7. The summed E-state index contributed by atoms with van der Waals surface area (Å²) in [5, 5.41) is 7.02. The standard InChI is InChI=1S/C25H27ClN4O3/c1-29-17-18(19-6-3-5-9-23(19)29)16-22(28-24(31)20-7-2-4-8-21(20)26)25(32)27-10-11-30-12-14-33-15-13-30/h2-9,16-17H,10-15H2,1H3,(H,27,32)(H,28,31)/b22-16-. The van der Waals surface area contributed by atoms with Crippen molar-refractivity contribution in [1.29, 1.82) is 0 Å². The highest BCUT2D eigenvalue weighted by molar-refractivity contribution is 6.34. The molecule has 0 saturated carbocycles. The maximum absolute atomic E-state index is 13.1. The Bertz CT molecular complexity index is 1180. The van der Waals surface area contributed by atoms with Crippen molar-refractivity contribution in [2.45, 2.75) is 0 Å². The molecule has 2 heterocycles. The van der Waals surface area contributed by atoms with Gasteiger partial charge in [-0.25, -0.2) is 0 Å². The summed E-state index contributed by atoms with van der Waals surface area (Å²) < 4.78 is 7.36. The van der Waals surface area contributed by atoms with E-state index in [1.807, 2.05) is 42.1 Å². The predicted molar refractivity (Wildman–Crippen MR) is 130 cm³/mol. The molecule has 1 aliphatic heterocycles. The minimum Gasteiger partial charge on any atom is -0.379 e. The Morgan fingerprint density at radius 3 is 2.61 bits per heavy atom. The van der Waals surface area contributed by atoms with Crippen LogP contribution in [0.5, 0.6) is 0 Å². The van der Waals surface area contributed by atoms with E-state index in [-0.39, 0.29) is 11.6 Å². The van der Waals surface area contributed by atoms with Crippen molar-refractivity contribution in [3.63, 3.8) is 0 Å². The highest BCUT2D eigenvalue weighted by Gasteiger charge is 2.18. The van der Waals surface area contributed by atoms with Gasteiger partial charge in [0.25, 0.3) is 11.8 Å². The first-order valence-corrected chi connectivity index (χ1v) is 11.3. The van der Waals surface area contributed by atoms with E-state index >= 15 is 0 Å². The summed E-state index contributed by atoms with van der Waals surface area (Å²) >= 11 is 6.19. The molecule has 1 aliphatic rings. The third-order valence-corrected chi connectivity index (χ3v) is 5.99. The second-order valence-corrected chi connectivity index (χ2v) is 8.32. The maximum atomic E-state index is 13.1. The molecule has 0 bridgehead atoms. The zero-order chi connectivity index (χ0) is 23.2. The van der Waals surface area contributed by atoms with Crippen LogP contribution in [0.25, 0.3) is 17.0 Å². The van der Waals surface area contributed by atoms with Gasteiger partial charge in [-0.3, -0.25) is 14.5 Å². The first-order chi connectivity index (χ1) is 16.0. The molecule has 8 heteroatoms. The molecule has 0 spiro atoms. The minimum absolute atomic E-state index is 0.165. The highest BCUT2D eigenvalue weighted by Crippen LogP contribution is 2.23. The van der Waals surface area contributed by atoms with Crippen LogP contribution in [-0.4, -0.2) is 60.7 Å². The Morgan fingerprint density at radius 2 is 1.82 bits per heavy atom. The van der Waals surface area contributed by atoms with Crippen LogP contribution in [0.3, 0.4) is 0 Å². The third kappa shape index (κ3) is 5.63. The van der Waals surface area contributed by atoms with E-state index in [4.69, 9.17) is 16.3 Å². The number of para-hydroxylation sites is 1. The molecule has 33 heavy (non-hydrogen) atoms. The number of hydrogen-bond donors (Lipinski definition) is 2. The number of carbonyl (C=O) groups is 2. The summed E-state index contributed by atoms with van der Waals surface area (Å²) in [5.74, 6) is -0.785. The van der Waals surface area contributed by atoms with Crippen LogP contribution in [0, 0.1) is 0 Å². The van der Waals surface area contributed by atoms with Crippen molar-refractivity contribution in [3.05, 3.63) is 76.6 Å². The number of aromatic nitrogens is 1. The highest BCUT2D eigenvalue weighted by atomic mass is 35.5. The van der Waals surface area contributed by atoms with Gasteiger partial charge in [0.05, 0.1) is 23.8 Å². The molecular formula is C25H27ClN4O3. The Morgan fingerprint density at radius 1 is 1.09 bits per heavy atom. The molecule has 0 unspecified atom stereocenters. The van der Waals surface area contributed by atoms with Gasteiger partial charge in [-0.15, -0.1) is 0 Å². The first-order valence-electron chi connectivity index (χ1n) is 10.9. The van der Waals surface area contributed by atoms with Crippen molar-refractivity contribution in [2.24, 2.45) is 7.05 Å². The molecular weight excluding hydrogens is 440 g/mol. The molecule has 2 N–H and O–H groups in total. The third-order valence-electron chi connectivity index (χ3n) is 5.66. The lowest BCUT2D eigenvalue weighted by Gasteiger charge is -2.26. The van der Waals surface area contributed by atoms with Crippen LogP contribution < -0.4 is 10.6 Å². The summed E-state index contributed by atoms with van der Waals surface area (Å²) in [6.45, 7) is 4.28. The fourth-order valence-electron chi connectivity index (χ4n) is 3.88. The Hall–Kier alpha value is -3.13. The Balaban J connectivity index is 1.57. The van der Waals surface area contributed by atoms with Crippen molar-refractivity contribution in [3.8, 4) is 0 Å². The summed E-state index contributed by atoms with van der Waals surface area (Å²) in [5.41, 5.74) is 2.35. The van der Waals surface area contributed by atoms with Crippen LogP contribution in [0.2, 0.25) is 5.02 Å². The molecule has 0 aliphatic carbocycles. The fourth-order valence-corrected chi connectivity index (χ4v) is 4.11. The number of carbonyl (C=O) groups excluding carboxylic acids is 2. The van der Waals surface area contributed by atoms with Crippen LogP contribution in [0.4, 0.5) is 0 Å². The van der Waals surface area contributed by atoms with Crippen molar-refractivity contribution >= 4 is 40.4 Å². The van der Waals surface area contributed by atoms with Gasteiger partial charge in [-0.05, 0) is 24.3 Å². The van der Waals surface area contributed by atoms with Crippen LogP contribution in [0.1, 0.15) is 15.9 Å². The van der Waals surface area contributed by atoms with Gasteiger partial charge in [0.15, 0.2) is 0 Å². The summed E-state index contributed by atoms with van der Waals surface area (Å²) in [6.07, 6.45) is 3.65. The van der Waals surface area contributed by atoms with Gasteiger partial charge < -0.3 is 19.9 Å². The monoisotopic (exact) mass is 466 g/mol. The second-order valence-electron chi connectivity index (χ2n) is 7.91. The molecule has 3 aromatic rings. The van der Waals surface area contributed by atoms with E-state index in [0.29, 0.717) is 30.3 Å². The molecule has 2 amide bonds. The van der Waals surface area contributed by atoms with E-state index in [0.717, 1.165) is 36.1 Å². The van der Waals surface area contributed by atoms with Gasteiger partial charge in [0.1, 0.15) is 5.70 Å². The van der Waals surface area contributed by atoms with Crippen LogP contribution >= 0.6 is 11.6 Å². The van der Waals surface area contributed by atoms with Gasteiger partial charge in [0, 0.05) is 55.9 Å². The molecule has 1 fully saturated rings. The van der Waals surface area contributed by atoms with Crippen LogP contribution in [0.15, 0.2) is 60.4 Å². The zero-order valence-electron chi connectivity index (χ0n) is 18.5. The maximum Gasteiger partial charge on any atom is 0.267 e. The molecule has 4 rings (SSSR count). The number of nitrogens with one attached hydrogen (secondary N) is 2. The molecule has 172 valence electrons. The molecule has 0 atom stereocenters. The van der Waals surface area contributed by atoms with E-state index in [2.05, 4.69) is 15.5 Å². The average Bonchev–Trinajstić information content (AvgIpc) is 3.15. The second kappa shape index (κ2) is 10.7. The predicted octanol–water partition coefficient (Wildman–Crippen LogP) is 3.05. The lowest BCUT2D eigenvalue weighted by molar-refractivity contribution is -0.117. The lowest BCUT2D eigenvalue weighted by atomic mass is 10.1. The fraction of sp³-hybridized carbons (Fsp3) is 0.280.